The minimum atomic E-state index is 0.107. The van der Waals surface area contributed by atoms with Crippen LogP contribution < -0.4 is 5.73 Å². The molecule has 0 saturated heterocycles. The Morgan fingerprint density at radius 2 is 2.05 bits per heavy atom. The van der Waals surface area contributed by atoms with Crippen molar-refractivity contribution in [1.82, 2.24) is 9.88 Å². The lowest BCUT2D eigenvalue weighted by molar-refractivity contribution is 0.308. The summed E-state index contributed by atoms with van der Waals surface area (Å²) in [6.07, 6.45) is 0.963. The van der Waals surface area contributed by atoms with E-state index >= 15 is 0 Å². The number of aryl methyl sites for hydroxylation is 2. The van der Waals surface area contributed by atoms with Crippen molar-refractivity contribution in [2.24, 2.45) is 5.73 Å². The normalized spacial score (nSPS) is 12.8. The fourth-order valence-electron chi connectivity index (χ4n) is 2.35. The molecule has 0 saturated carbocycles. The third-order valence-corrected chi connectivity index (χ3v) is 4.33. The van der Waals surface area contributed by atoms with Gasteiger partial charge in [0.05, 0.1) is 10.7 Å². The van der Waals surface area contributed by atoms with Crippen LogP contribution in [-0.2, 0) is 6.54 Å². The first-order chi connectivity index (χ1) is 9.56. The fourth-order valence-corrected chi connectivity index (χ4v) is 2.96. The molecule has 1 aromatic carbocycles. The van der Waals surface area contributed by atoms with Crippen LogP contribution in [0.3, 0.4) is 0 Å². The van der Waals surface area contributed by atoms with E-state index < -0.39 is 0 Å². The van der Waals surface area contributed by atoms with Crippen LogP contribution in [0.4, 0.5) is 0 Å². The summed E-state index contributed by atoms with van der Waals surface area (Å²) in [5.41, 5.74) is 9.98. The van der Waals surface area contributed by atoms with Gasteiger partial charge in [-0.1, -0.05) is 24.3 Å². The lowest BCUT2D eigenvalue weighted by Crippen LogP contribution is -2.24. The number of hydrogen-bond donors (Lipinski definition) is 1. The molecule has 0 fully saturated rings. The van der Waals surface area contributed by atoms with Crippen molar-refractivity contribution < 1.29 is 0 Å². The second kappa shape index (κ2) is 6.97. The smallest absolute Gasteiger partial charge is 0.0897 e. The van der Waals surface area contributed by atoms with Crippen LogP contribution in [0.1, 0.15) is 34.3 Å². The zero-order valence-corrected chi connectivity index (χ0v) is 13.3. The minimum absolute atomic E-state index is 0.107. The molecule has 2 rings (SSSR count). The standard InChI is InChI=1S/C16H23N3S/c1-12-6-4-5-7-15(12)16(17)8-9-19(3)10-14-11-20-13(2)18-14/h4-7,11,16H,8-10,17H2,1-3H3. The number of thiazole rings is 1. The van der Waals surface area contributed by atoms with Gasteiger partial charge < -0.3 is 10.6 Å². The second-order valence-electron chi connectivity index (χ2n) is 5.35. The summed E-state index contributed by atoms with van der Waals surface area (Å²) in [6, 6.07) is 8.48. The summed E-state index contributed by atoms with van der Waals surface area (Å²) in [7, 11) is 2.12. The van der Waals surface area contributed by atoms with Gasteiger partial charge in [-0.3, -0.25) is 0 Å². The van der Waals surface area contributed by atoms with E-state index in [9.17, 15) is 0 Å². The van der Waals surface area contributed by atoms with E-state index in [1.165, 1.54) is 11.1 Å². The number of hydrogen-bond acceptors (Lipinski definition) is 4. The molecule has 1 atom stereocenters. The monoisotopic (exact) mass is 289 g/mol. The first-order valence-electron chi connectivity index (χ1n) is 6.97. The predicted octanol–water partition coefficient (Wildman–Crippen LogP) is 3.28. The molecule has 1 unspecified atom stereocenters. The molecule has 0 bridgehead atoms. The molecule has 0 amide bonds. The van der Waals surface area contributed by atoms with Crippen LogP contribution in [0.15, 0.2) is 29.6 Å². The fraction of sp³-hybridized carbons (Fsp3) is 0.438. The minimum Gasteiger partial charge on any atom is -0.324 e. The molecule has 0 aliphatic rings. The Morgan fingerprint density at radius 3 is 2.70 bits per heavy atom. The van der Waals surface area contributed by atoms with E-state index in [-0.39, 0.29) is 6.04 Å². The van der Waals surface area contributed by atoms with Gasteiger partial charge in [0.15, 0.2) is 0 Å². The second-order valence-corrected chi connectivity index (χ2v) is 6.41. The molecular formula is C16H23N3S. The number of nitrogens with two attached hydrogens (primary N) is 1. The summed E-state index contributed by atoms with van der Waals surface area (Å²) in [5.74, 6) is 0. The Bertz CT molecular complexity index is 550. The Morgan fingerprint density at radius 1 is 1.30 bits per heavy atom. The van der Waals surface area contributed by atoms with Crippen molar-refractivity contribution >= 4 is 11.3 Å². The highest BCUT2D eigenvalue weighted by molar-refractivity contribution is 7.09. The molecule has 4 heteroatoms. The van der Waals surface area contributed by atoms with Crippen molar-refractivity contribution in [1.29, 1.82) is 0 Å². The van der Waals surface area contributed by atoms with Crippen LogP contribution in [0.5, 0.6) is 0 Å². The Kier molecular flexibility index (Phi) is 5.29. The summed E-state index contributed by atoms with van der Waals surface area (Å²) >= 11 is 1.71. The van der Waals surface area contributed by atoms with Gasteiger partial charge in [0.25, 0.3) is 0 Å². The summed E-state index contributed by atoms with van der Waals surface area (Å²) < 4.78 is 0. The van der Waals surface area contributed by atoms with Crippen molar-refractivity contribution in [3.05, 3.63) is 51.5 Å². The Labute approximate surface area is 125 Å². The number of rotatable bonds is 6. The van der Waals surface area contributed by atoms with Gasteiger partial charge >= 0.3 is 0 Å². The van der Waals surface area contributed by atoms with Crippen LogP contribution in [0, 0.1) is 13.8 Å². The number of benzene rings is 1. The average Bonchev–Trinajstić information content (AvgIpc) is 2.82. The van der Waals surface area contributed by atoms with Gasteiger partial charge in [-0.25, -0.2) is 4.98 Å². The van der Waals surface area contributed by atoms with Crippen LogP contribution in [-0.4, -0.2) is 23.5 Å². The molecule has 2 aromatic rings. The van der Waals surface area contributed by atoms with Crippen LogP contribution >= 0.6 is 11.3 Å². The first-order valence-corrected chi connectivity index (χ1v) is 7.85. The van der Waals surface area contributed by atoms with Gasteiger partial charge in [-0.2, -0.15) is 0 Å². The van der Waals surface area contributed by atoms with Gasteiger partial charge in [0.1, 0.15) is 0 Å². The highest BCUT2D eigenvalue weighted by atomic mass is 32.1. The largest absolute Gasteiger partial charge is 0.324 e. The number of aromatic nitrogens is 1. The maximum atomic E-state index is 6.30. The quantitative estimate of drug-likeness (QED) is 0.887. The topological polar surface area (TPSA) is 42.2 Å². The predicted molar refractivity (Wildman–Crippen MR) is 85.9 cm³/mol. The van der Waals surface area contributed by atoms with Crippen molar-refractivity contribution in [2.75, 3.05) is 13.6 Å². The molecular weight excluding hydrogens is 266 g/mol. The molecule has 0 aliphatic carbocycles. The van der Waals surface area contributed by atoms with Crippen molar-refractivity contribution in [3.63, 3.8) is 0 Å². The van der Waals surface area contributed by atoms with E-state index in [0.717, 1.165) is 30.2 Å². The number of nitrogens with zero attached hydrogens (tertiary/aromatic N) is 2. The highest BCUT2D eigenvalue weighted by Crippen LogP contribution is 2.18. The average molecular weight is 289 g/mol. The molecule has 2 N–H and O–H groups in total. The molecule has 1 heterocycles. The molecule has 1 aromatic heterocycles. The van der Waals surface area contributed by atoms with Gasteiger partial charge in [0.2, 0.25) is 0 Å². The maximum absolute atomic E-state index is 6.30. The Balaban J connectivity index is 1.84. The van der Waals surface area contributed by atoms with Gasteiger partial charge in [-0.05, 0) is 38.4 Å². The summed E-state index contributed by atoms with van der Waals surface area (Å²) in [5, 5.41) is 3.26. The molecule has 0 spiro atoms. The van der Waals surface area contributed by atoms with Crippen molar-refractivity contribution in [3.8, 4) is 0 Å². The van der Waals surface area contributed by atoms with E-state index in [4.69, 9.17) is 5.73 Å². The zero-order valence-electron chi connectivity index (χ0n) is 12.5. The first kappa shape index (κ1) is 15.2. The third-order valence-electron chi connectivity index (χ3n) is 3.51. The van der Waals surface area contributed by atoms with Crippen molar-refractivity contribution in [2.45, 2.75) is 32.9 Å². The van der Waals surface area contributed by atoms with Gasteiger partial charge in [0, 0.05) is 24.5 Å². The van der Waals surface area contributed by atoms with E-state index in [1.54, 1.807) is 11.3 Å². The van der Waals surface area contributed by atoms with E-state index in [2.05, 4.69) is 53.5 Å². The molecule has 20 heavy (non-hydrogen) atoms. The van der Waals surface area contributed by atoms with Gasteiger partial charge in [-0.15, -0.1) is 11.3 Å². The van der Waals surface area contributed by atoms with Crippen LogP contribution in [0.2, 0.25) is 0 Å². The molecule has 0 radical (unpaired) electrons. The summed E-state index contributed by atoms with van der Waals surface area (Å²) in [6.45, 7) is 6.04. The lowest BCUT2D eigenvalue weighted by atomic mass is 9.99. The highest BCUT2D eigenvalue weighted by Gasteiger charge is 2.10. The maximum Gasteiger partial charge on any atom is 0.0897 e. The van der Waals surface area contributed by atoms with E-state index in [1.807, 2.05) is 6.92 Å². The lowest BCUT2D eigenvalue weighted by Gasteiger charge is -2.19. The SMILES string of the molecule is Cc1nc(CN(C)CCC(N)c2ccccc2C)cs1. The summed E-state index contributed by atoms with van der Waals surface area (Å²) in [4.78, 5) is 6.78. The molecule has 0 aliphatic heterocycles. The van der Waals surface area contributed by atoms with Crippen LogP contribution in [0.25, 0.3) is 0 Å². The zero-order chi connectivity index (χ0) is 14.5. The third kappa shape index (κ3) is 4.13. The molecule has 108 valence electrons. The van der Waals surface area contributed by atoms with E-state index in [0.29, 0.717) is 0 Å². The molecule has 3 nitrogen and oxygen atoms in total. The Hall–Kier alpha value is -1.23.